The van der Waals surface area contributed by atoms with Gasteiger partial charge in [-0.3, -0.25) is 4.68 Å². The van der Waals surface area contributed by atoms with Crippen molar-refractivity contribution in [1.82, 2.24) is 29.5 Å². The maximum Gasteiger partial charge on any atom is 0.185 e. The minimum atomic E-state index is 0.133. The van der Waals surface area contributed by atoms with Gasteiger partial charge in [-0.2, -0.15) is 5.10 Å². The number of aromatic nitrogens is 6. The largest absolute Gasteiger partial charge is 0.380 e. The molecule has 0 amide bonds. The predicted molar refractivity (Wildman–Crippen MR) is 109 cm³/mol. The van der Waals surface area contributed by atoms with Crippen LogP contribution in [0.5, 0.6) is 0 Å². The normalized spacial score (nSPS) is 20.1. The van der Waals surface area contributed by atoms with Gasteiger partial charge in [0.2, 0.25) is 0 Å². The fourth-order valence-electron chi connectivity index (χ4n) is 3.95. The summed E-state index contributed by atoms with van der Waals surface area (Å²) in [5, 5.41) is 13.3. The zero-order valence-corrected chi connectivity index (χ0v) is 15.7. The van der Waals surface area contributed by atoms with Crippen molar-refractivity contribution < 1.29 is 0 Å². The number of nitrogen functional groups attached to an aromatic ring is 1. The molecule has 1 unspecified atom stereocenters. The van der Waals surface area contributed by atoms with Gasteiger partial charge in [0.1, 0.15) is 5.82 Å². The molecule has 28 heavy (non-hydrogen) atoms. The van der Waals surface area contributed by atoms with Crippen molar-refractivity contribution in [2.24, 2.45) is 12.8 Å². The lowest BCUT2D eigenvalue weighted by Gasteiger charge is -2.29. The average Bonchev–Trinajstić information content (AvgIpc) is 3.23. The van der Waals surface area contributed by atoms with Crippen molar-refractivity contribution in [1.29, 1.82) is 0 Å². The summed E-state index contributed by atoms with van der Waals surface area (Å²) in [5.41, 5.74) is 15.4. The Labute approximate surface area is 161 Å². The third-order valence-corrected chi connectivity index (χ3v) is 5.54. The zero-order valence-electron chi connectivity index (χ0n) is 15.7. The Morgan fingerprint density at radius 3 is 2.89 bits per heavy atom. The van der Waals surface area contributed by atoms with E-state index in [2.05, 4.69) is 20.5 Å². The molecule has 9 nitrogen and oxygen atoms in total. The van der Waals surface area contributed by atoms with Crippen LogP contribution in [0.2, 0.25) is 0 Å². The van der Waals surface area contributed by atoms with Crippen molar-refractivity contribution in [2.75, 3.05) is 11.1 Å². The van der Waals surface area contributed by atoms with E-state index in [-0.39, 0.29) is 12.1 Å². The van der Waals surface area contributed by atoms with Crippen LogP contribution in [0, 0.1) is 0 Å². The van der Waals surface area contributed by atoms with Crippen LogP contribution in [-0.4, -0.2) is 41.6 Å². The standard InChI is InChI=1S/C19H23N9/c1-27-15-8-12(7-6-11(15)9-23-27)28-19-17(18(21)26-28)22-10-16(25-19)24-14-5-3-2-4-13(14)20/h6-10,13-14H,2-5,20H2,1H3,(H2,21,26)(H,24,25)/t13-,14?/m1/s1. The molecule has 0 radical (unpaired) electrons. The lowest BCUT2D eigenvalue weighted by molar-refractivity contribution is 0.403. The zero-order chi connectivity index (χ0) is 19.3. The van der Waals surface area contributed by atoms with E-state index in [9.17, 15) is 0 Å². The summed E-state index contributed by atoms with van der Waals surface area (Å²) in [6, 6.07) is 6.35. The predicted octanol–water partition coefficient (Wildman–Crippen LogP) is 1.97. The molecular formula is C19H23N9. The van der Waals surface area contributed by atoms with Crippen molar-refractivity contribution in [3.8, 4) is 5.69 Å². The number of rotatable bonds is 3. The molecule has 144 valence electrons. The molecule has 0 aliphatic heterocycles. The molecular weight excluding hydrogens is 354 g/mol. The van der Waals surface area contributed by atoms with Crippen LogP contribution in [-0.2, 0) is 7.05 Å². The summed E-state index contributed by atoms with van der Waals surface area (Å²) in [7, 11) is 1.91. The lowest BCUT2D eigenvalue weighted by Crippen LogP contribution is -2.42. The van der Waals surface area contributed by atoms with Crippen LogP contribution < -0.4 is 16.8 Å². The van der Waals surface area contributed by atoms with Gasteiger partial charge in [0.25, 0.3) is 0 Å². The molecule has 4 aromatic rings. The fraction of sp³-hybridized carbons (Fsp3) is 0.368. The summed E-state index contributed by atoms with van der Waals surface area (Å²) in [6.45, 7) is 0. The molecule has 5 N–H and O–H groups in total. The fourth-order valence-corrected chi connectivity index (χ4v) is 3.95. The molecule has 1 saturated carbocycles. The number of nitrogens with zero attached hydrogens (tertiary/aromatic N) is 6. The van der Waals surface area contributed by atoms with E-state index in [1.54, 1.807) is 10.9 Å². The molecule has 0 saturated heterocycles. The monoisotopic (exact) mass is 377 g/mol. The van der Waals surface area contributed by atoms with Gasteiger partial charge in [-0.05, 0) is 31.0 Å². The van der Waals surface area contributed by atoms with Gasteiger partial charge in [-0.1, -0.05) is 12.8 Å². The Bertz CT molecular complexity index is 1160. The number of nitrogens with two attached hydrogens (primary N) is 2. The Morgan fingerprint density at radius 2 is 2.04 bits per heavy atom. The van der Waals surface area contributed by atoms with Crippen molar-refractivity contribution in [3.05, 3.63) is 30.6 Å². The maximum absolute atomic E-state index is 6.26. The van der Waals surface area contributed by atoms with Crippen molar-refractivity contribution in [2.45, 2.75) is 37.8 Å². The summed E-state index contributed by atoms with van der Waals surface area (Å²) in [6.07, 6.45) is 7.98. The molecule has 1 aliphatic carbocycles. The molecule has 0 bridgehead atoms. The number of hydrogen-bond donors (Lipinski definition) is 3. The Hall–Kier alpha value is -3.20. The van der Waals surface area contributed by atoms with Crippen LogP contribution in [0.4, 0.5) is 11.6 Å². The highest BCUT2D eigenvalue weighted by atomic mass is 15.3. The highest BCUT2D eigenvalue weighted by Gasteiger charge is 2.22. The maximum atomic E-state index is 6.26. The van der Waals surface area contributed by atoms with Crippen LogP contribution in [0.25, 0.3) is 27.8 Å². The second kappa shape index (κ2) is 6.45. The van der Waals surface area contributed by atoms with Gasteiger partial charge in [0.15, 0.2) is 17.0 Å². The Balaban J connectivity index is 1.57. The van der Waals surface area contributed by atoms with Gasteiger partial charge in [-0.25, -0.2) is 14.6 Å². The van der Waals surface area contributed by atoms with Gasteiger partial charge < -0.3 is 16.8 Å². The van der Waals surface area contributed by atoms with Crippen molar-refractivity contribution >= 4 is 33.7 Å². The van der Waals surface area contributed by atoms with Crippen LogP contribution in [0.1, 0.15) is 25.7 Å². The Kier molecular flexibility index (Phi) is 3.90. The quantitative estimate of drug-likeness (QED) is 0.498. The van der Waals surface area contributed by atoms with E-state index in [1.807, 2.05) is 36.1 Å². The molecule has 1 fully saturated rings. The molecule has 9 heteroatoms. The summed E-state index contributed by atoms with van der Waals surface area (Å²) in [4.78, 5) is 9.26. The van der Waals surface area contributed by atoms with E-state index in [1.165, 1.54) is 12.8 Å². The summed E-state index contributed by atoms with van der Waals surface area (Å²) >= 11 is 0. The van der Waals surface area contributed by atoms with E-state index in [0.717, 1.165) is 29.4 Å². The SMILES string of the molecule is Cn1ncc2ccc(-n3nc(N)c4ncc(NC5CCCC[C@H]5N)nc43)cc21. The first-order valence-electron chi connectivity index (χ1n) is 9.55. The van der Waals surface area contributed by atoms with Gasteiger partial charge in [-0.15, -0.1) is 5.10 Å². The highest BCUT2D eigenvalue weighted by molar-refractivity contribution is 5.86. The van der Waals surface area contributed by atoms with E-state index < -0.39 is 0 Å². The number of fused-ring (bicyclic) bond motifs is 2. The second-order valence-corrected chi connectivity index (χ2v) is 7.43. The number of anilines is 2. The first-order chi connectivity index (χ1) is 13.6. The molecule has 3 aromatic heterocycles. The van der Waals surface area contributed by atoms with E-state index in [0.29, 0.717) is 22.8 Å². The minimum Gasteiger partial charge on any atom is -0.380 e. The van der Waals surface area contributed by atoms with Crippen LogP contribution in [0.15, 0.2) is 30.6 Å². The molecule has 1 aliphatic rings. The van der Waals surface area contributed by atoms with Gasteiger partial charge >= 0.3 is 0 Å². The molecule has 2 atom stereocenters. The third-order valence-electron chi connectivity index (χ3n) is 5.54. The highest BCUT2D eigenvalue weighted by Crippen LogP contribution is 2.25. The lowest BCUT2D eigenvalue weighted by atomic mass is 9.91. The molecule has 3 heterocycles. The molecule has 5 rings (SSSR count). The van der Waals surface area contributed by atoms with E-state index in [4.69, 9.17) is 16.5 Å². The van der Waals surface area contributed by atoms with E-state index >= 15 is 0 Å². The Morgan fingerprint density at radius 1 is 1.18 bits per heavy atom. The molecule has 0 spiro atoms. The number of nitrogens with one attached hydrogen (secondary N) is 1. The summed E-state index contributed by atoms with van der Waals surface area (Å²) in [5.74, 6) is 1.05. The minimum absolute atomic E-state index is 0.133. The smallest absolute Gasteiger partial charge is 0.185 e. The first-order valence-corrected chi connectivity index (χ1v) is 9.55. The number of aryl methyl sites for hydroxylation is 1. The van der Waals surface area contributed by atoms with Crippen LogP contribution in [0.3, 0.4) is 0 Å². The second-order valence-electron chi connectivity index (χ2n) is 7.43. The number of benzene rings is 1. The third kappa shape index (κ3) is 2.75. The average molecular weight is 377 g/mol. The van der Waals surface area contributed by atoms with Crippen molar-refractivity contribution in [3.63, 3.8) is 0 Å². The van der Waals surface area contributed by atoms with Gasteiger partial charge in [0.05, 0.1) is 23.6 Å². The first kappa shape index (κ1) is 16.9. The molecule has 1 aromatic carbocycles. The van der Waals surface area contributed by atoms with Gasteiger partial charge in [0, 0.05) is 24.5 Å². The number of hydrogen-bond acceptors (Lipinski definition) is 7. The summed E-state index contributed by atoms with van der Waals surface area (Å²) < 4.78 is 3.56. The van der Waals surface area contributed by atoms with Crippen LogP contribution >= 0.6 is 0 Å². The topological polar surface area (TPSA) is 125 Å².